The summed E-state index contributed by atoms with van der Waals surface area (Å²) in [6, 6.07) is 9.97. The smallest absolute Gasteiger partial charge is 0.414 e. The average Bonchev–Trinajstić information content (AvgIpc) is 3.22. The van der Waals surface area contributed by atoms with Gasteiger partial charge in [0.2, 0.25) is 0 Å². The van der Waals surface area contributed by atoms with Crippen molar-refractivity contribution < 1.29 is 19.8 Å². The highest BCUT2D eigenvalue weighted by Gasteiger charge is 2.37. The van der Waals surface area contributed by atoms with Crippen molar-refractivity contribution >= 4 is 35.4 Å². The van der Waals surface area contributed by atoms with Gasteiger partial charge in [0.25, 0.3) is 0 Å². The molecular weight excluding hydrogens is 412 g/mol. The standard InChI is InChI=1S/C17H18N4S2.C2H2O4/c18-9-12-1-3-13(4-2-12)11-22-17-16(19-23-20-17)15-10-21-7-5-14(15)6-8-21;3-1(4)2(5)6/h1-4,14-15H,5-8,10-11H2;(H,3,4)(H,5,6). The molecule has 0 radical (unpaired) electrons. The molecule has 1 aromatic carbocycles. The SMILES string of the molecule is N#Cc1ccc(CSc2nsnc2C2CN3CCC2CC3)cc1.O=C(O)C(=O)O. The van der Waals surface area contributed by atoms with Crippen molar-refractivity contribution in [1.29, 1.82) is 5.26 Å². The number of nitriles is 1. The Balaban J connectivity index is 0.000000353. The van der Waals surface area contributed by atoms with Crippen LogP contribution < -0.4 is 0 Å². The first-order chi connectivity index (χ1) is 14.0. The van der Waals surface area contributed by atoms with Gasteiger partial charge >= 0.3 is 11.9 Å². The Labute approximate surface area is 176 Å². The van der Waals surface area contributed by atoms with Crippen molar-refractivity contribution in [1.82, 2.24) is 13.6 Å². The number of benzene rings is 1. The van der Waals surface area contributed by atoms with Crippen LogP contribution in [0.5, 0.6) is 0 Å². The fourth-order valence-corrected chi connectivity index (χ4v) is 5.34. The summed E-state index contributed by atoms with van der Waals surface area (Å²) in [5, 5.41) is 24.8. The third kappa shape index (κ3) is 5.53. The van der Waals surface area contributed by atoms with Gasteiger partial charge in [0, 0.05) is 18.2 Å². The van der Waals surface area contributed by atoms with Crippen LogP contribution in [0.4, 0.5) is 0 Å². The fraction of sp³-hybridized carbons (Fsp3) is 0.421. The van der Waals surface area contributed by atoms with E-state index in [1.165, 1.54) is 48.9 Å². The summed E-state index contributed by atoms with van der Waals surface area (Å²) in [6.07, 6.45) is 2.61. The van der Waals surface area contributed by atoms with Crippen LogP contribution in [0, 0.1) is 17.2 Å². The number of carboxylic acids is 2. The highest BCUT2D eigenvalue weighted by atomic mass is 32.2. The molecular formula is C19H20N4O4S2. The summed E-state index contributed by atoms with van der Waals surface area (Å²) in [5.41, 5.74) is 3.16. The van der Waals surface area contributed by atoms with Crippen LogP contribution in [0.15, 0.2) is 29.3 Å². The molecule has 2 aromatic rings. The van der Waals surface area contributed by atoms with Crippen LogP contribution in [-0.2, 0) is 15.3 Å². The fourth-order valence-electron chi connectivity index (χ4n) is 3.62. The van der Waals surface area contributed by atoms with Gasteiger partial charge in [0.1, 0.15) is 5.03 Å². The predicted molar refractivity (Wildman–Crippen MR) is 108 cm³/mol. The van der Waals surface area contributed by atoms with Crippen molar-refractivity contribution in [3.05, 3.63) is 41.1 Å². The van der Waals surface area contributed by atoms with E-state index in [0.29, 0.717) is 11.5 Å². The molecule has 8 nitrogen and oxygen atoms in total. The molecule has 1 aromatic heterocycles. The average molecular weight is 433 g/mol. The highest BCUT2D eigenvalue weighted by Crippen LogP contribution is 2.41. The van der Waals surface area contributed by atoms with Crippen LogP contribution in [0.3, 0.4) is 0 Å². The molecule has 0 amide bonds. The number of aliphatic carboxylic acids is 2. The third-order valence-corrected chi connectivity index (χ3v) is 6.84. The van der Waals surface area contributed by atoms with Gasteiger partial charge in [-0.25, -0.2) is 9.59 Å². The molecule has 2 bridgehead atoms. The Morgan fingerprint density at radius 3 is 2.34 bits per heavy atom. The second-order valence-electron chi connectivity index (χ2n) is 6.91. The Morgan fingerprint density at radius 2 is 1.83 bits per heavy atom. The maximum Gasteiger partial charge on any atom is 0.414 e. The lowest BCUT2D eigenvalue weighted by Gasteiger charge is -2.44. The maximum absolute atomic E-state index is 9.10. The molecule has 5 rings (SSSR count). The molecule has 0 aliphatic carbocycles. The van der Waals surface area contributed by atoms with Gasteiger partial charge in [-0.1, -0.05) is 23.9 Å². The Bertz CT molecular complexity index is 890. The lowest BCUT2D eigenvalue weighted by atomic mass is 9.78. The van der Waals surface area contributed by atoms with E-state index in [1.54, 1.807) is 11.8 Å². The van der Waals surface area contributed by atoms with E-state index in [2.05, 4.69) is 19.7 Å². The van der Waals surface area contributed by atoms with Crippen LogP contribution >= 0.6 is 23.5 Å². The highest BCUT2D eigenvalue weighted by molar-refractivity contribution is 7.98. The van der Waals surface area contributed by atoms with E-state index in [4.69, 9.17) is 25.1 Å². The molecule has 3 aliphatic heterocycles. The maximum atomic E-state index is 9.10. The van der Waals surface area contributed by atoms with Crippen molar-refractivity contribution in [2.45, 2.75) is 29.5 Å². The minimum atomic E-state index is -1.82. The van der Waals surface area contributed by atoms with Gasteiger partial charge in [0.05, 0.1) is 29.1 Å². The van der Waals surface area contributed by atoms with Gasteiger partial charge < -0.3 is 15.1 Å². The first-order valence-electron chi connectivity index (χ1n) is 9.10. The van der Waals surface area contributed by atoms with Crippen molar-refractivity contribution in [2.75, 3.05) is 19.6 Å². The van der Waals surface area contributed by atoms with E-state index < -0.39 is 11.9 Å². The molecule has 3 saturated heterocycles. The third-order valence-electron chi connectivity index (χ3n) is 5.13. The van der Waals surface area contributed by atoms with Gasteiger partial charge in [-0.2, -0.15) is 14.0 Å². The van der Waals surface area contributed by atoms with E-state index in [-0.39, 0.29) is 0 Å². The number of aromatic nitrogens is 2. The van der Waals surface area contributed by atoms with E-state index in [0.717, 1.165) is 23.2 Å². The minimum Gasteiger partial charge on any atom is -0.473 e. The van der Waals surface area contributed by atoms with Crippen molar-refractivity contribution in [3.8, 4) is 6.07 Å². The number of hydrogen-bond acceptors (Lipinski definition) is 8. The zero-order valence-electron chi connectivity index (χ0n) is 15.5. The predicted octanol–water partition coefficient (Wildman–Crippen LogP) is 2.67. The molecule has 0 spiro atoms. The van der Waals surface area contributed by atoms with Gasteiger partial charge in [-0.15, -0.1) is 0 Å². The molecule has 3 aliphatic rings. The van der Waals surface area contributed by atoms with E-state index in [1.807, 2.05) is 24.3 Å². The second kappa shape index (κ2) is 9.82. The molecule has 3 fully saturated rings. The van der Waals surface area contributed by atoms with Crippen LogP contribution in [0.1, 0.15) is 35.6 Å². The summed E-state index contributed by atoms with van der Waals surface area (Å²) < 4.78 is 9.18. The molecule has 4 heterocycles. The Kier molecular flexibility index (Phi) is 7.19. The summed E-state index contributed by atoms with van der Waals surface area (Å²) in [6.45, 7) is 3.67. The first kappa shape index (κ1) is 21.2. The monoisotopic (exact) mass is 432 g/mol. The van der Waals surface area contributed by atoms with Gasteiger partial charge in [-0.3, -0.25) is 0 Å². The molecule has 10 heteroatoms. The number of rotatable bonds is 4. The first-order valence-corrected chi connectivity index (χ1v) is 10.8. The number of hydrogen-bond donors (Lipinski definition) is 2. The summed E-state index contributed by atoms with van der Waals surface area (Å²) in [4.78, 5) is 20.8. The number of piperidine rings is 3. The lowest BCUT2D eigenvalue weighted by molar-refractivity contribution is -0.159. The van der Waals surface area contributed by atoms with Crippen LogP contribution in [0.2, 0.25) is 0 Å². The number of carboxylic acid groups (broad SMARTS) is 2. The molecule has 152 valence electrons. The number of thioether (sulfide) groups is 1. The summed E-state index contributed by atoms with van der Waals surface area (Å²) >= 11 is 3.12. The minimum absolute atomic E-state index is 0.569. The second-order valence-corrected chi connectivity index (χ2v) is 8.40. The number of fused-ring (bicyclic) bond motifs is 3. The number of carbonyl (C=O) groups is 2. The Hall–Kier alpha value is -2.48. The van der Waals surface area contributed by atoms with Crippen LogP contribution in [-0.4, -0.2) is 55.4 Å². The molecule has 2 N–H and O–H groups in total. The molecule has 0 saturated carbocycles. The van der Waals surface area contributed by atoms with E-state index >= 15 is 0 Å². The Morgan fingerprint density at radius 1 is 1.17 bits per heavy atom. The topological polar surface area (TPSA) is 127 Å². The van der Waals surface area contributed by atoms with Gasteiger partial charge in [-0.05, 0) is 49.5 Å². The normalized spacial score (nSPS) is 22.2. The van der Waals surface area contributed by atoms with Crippen molar-refractivity contribution in [2.24, 2.45) is 5.92 Å². The van der Waals surface area contributed by atoms with Gasteiger partial charge in [0.15, 0.2) is 0 Å². The summed E-state index contributed by atoms with van der Waals surface area (Å²) in [5.74, 6) is -1.41. The zero-order chi connectivity index (χ0) is 20.8. The largest absolute Gasteiger partial charge is 0.473 e. The molecule has 1 unspecified atom stereocenters. The van der Waals surface area contributed by atoms with E-state index in [9.17, 15) is 0 Å². The quantitative estimate of drug-likeness (QED) is 0.553. The summed E-state index contributed by atoms with van der Waals surface area (Å²) in [7, 11) is 0. The number of nitrogens with zero attached hydrogens (tertiary/aromatic N) is 4. The molecule has 29 heavy (non-hydrogen) atoms. The van der Waals surface area contributed by atoms with Crippen molar-refractivity contribution in [3.63, 3.8) is 0 Å². The zero-order valence-corrected chi connectivity index (χ0v) is 17.2. The van der Waals surface area contributed by atoms with Crippen LogP contribution in [0.25, 0.3) is 0 Å². The molecule has 1 atom stereocenters. The lowest BCUT2D eigenvalue weighted by Crippen LogP contribution is -2.46.